The van der Waals surface area contributed by atoms with Crippen LogP contribution in [-0.2, 0) is 6.42 Å². The summed E-state index contributed by atoms with van der Waals surface area (Å²) in [5, 5.41) is 2.88. The van der Waals surface area contributed by atoms with Crippen molar-refractivity contribution in [3.05, 3.63) is 40.0 Å². The van der Waals surface area contributed by atoms with Crippen molar-refractivity contribution in [1.82, 2.24) is 15.3 Å². The van der Waals surface area contributed by atoms with Crippen molar-refractivity contribution in [2.45, 2.75) is 26.3 Å². The van der Waals surface area contributed by atoms with Gasteiger partial charge in [-0.25, -0.2) is 9.97 Å². The molecular weight excluding hydrogens is 260 g/mol. The van der Waals surface area contributed by atoms with Gasteiger partial charge in [0.1, 0.15) is 0 Å². The maximum absolute atomic E-state index is 12.0. The molecule has 3 N–H and O–H groups in total. The Labute approximate surface area is 115 Å². The lowest BCUT2D eigenvalue weighted by Gasteiger charge is -2.12. The van der Waals surface area contributed by atoms with Gasteiger partial charge in [0.15, 0.2) is 11.5 Å². The zero-order valence-corrected chi connectivity index (χ0v) is 11.7. The summed E-state index contributed by atoms with van der Waals surface area (Å²) in [6.07, 6.45) is 3.72. The van der Waals surface area contributed by atoms with E-state index in [-0.39, 0.29) is 23.5 Å². The minimum atomic E-state index is -0.286. The third-order valence-electron chi connectivity index (χ3n) is 2.62. The molecule has 1 unspecified atom stereocenters. The van der Waals surface area contributed by atoms with Gasteiger partial charge in [-0.2, -0.15) is 0 Å². The minimum Gasteiger partial charge on any atom is -0.382 e. The van der Waals surface area contributed by atoms with E-state index >= 15 is 0 Å². The van der Waals surface area contributed by atoms with Gasteiger partial charge in [-0.05, 0) is 26.0 Å². The lowest BCUT2D eigenvalue weighted by molar-refractivity contribution is 0.0936. The molecule has 1 atom stereocenters. The number of aryl methyl sites for hydroxylation is 1. The first-order valence-electron chi connectivity index (χ1n) is 5.99. The van der Waals surface area contributed by atoms with Crippen molar-refractivity contribution in [3.8, 4) is 0 Å². The van der Waals surface area contributed by atoms with Gasteiger partial charge in [0.2, 0.25) is 0 Å². The smallest absolute Gasteiger partial charge is 0.273 e. The van der Waals surface area contributed by atoms with E-state index in [0.717, 1.165) is 6.42 Å². The minimum absolute atomic E-state index is 0.0203. The third-order valence-corrected chi connectivity index (χ3v) is 3.65. The van der Waals surface area contributed by atoms with E-state index in [0.29, 0.717) is 0 Å². The van der Waals surface area contributed by atoms with Gasteiger partial charge in [0.05, 0.1) is 0 Å². The van der Waals surface area contributed by atoms with E-state index in [1.54, 1.807) is 11.3 Å². The van der Waals surface area contributed by atoms with Crippen LogP contribution in [0.2, 0.25) is 0 Å². The standard InChI is InChI=1S/C13H16N4OS/c1-8(7-10-4-3-9(2)19-10)17-13(18)11-12(14)16-6-5-15-11/h3-6,8H,7H2,1-2H3,(H2,14,16)(H,17,18). The van der Waals surface area contributed by atoms with Gasteiger partial charge < -0.3 is 11.1 Å². The number of rotatable bonds is 4. The Morgan fingerprint density at radius 1 is 1.42 bits per heavy atom. The van der Waals surface area contributed by atoms with E-state index in [1.807, 2.05) is 6.92 Å². The van der Waals surface area contributed by atoms with Crippen LogP contribution in [0.1, 0.15) is 27.2 Å². The highest BCUT2D eigenvalue weighted by atomic mass is 32.1. The number of nitrogens with one attached hydrogen (secondary N) is 1. The van der Waals surface area contributed by atoms with Gasteiger partial charge in [0.25, 0.3) is 5.91 Å². The summed E-state index contributed by atoms with van der Waals surface area (Å²) in [6, 6.07) is 4.18. The van der Waals surface area contributed by atoms with Gasteiger partial charge in [-0.1, -0.05) is 0 Å². The Kier molecular flexibility index (Phi) is 4.11. The quantitative estimate of drug-likeness (QED) is 0.892. The summed E-state index contributed by atoms with van der Waals surface area (Å²) in [7, 11) is 0. The monoisotopic (exact) mass is 276 g/mol. The van der Waals surface area contributed by atoms with Crippen LogP contribution in [0.5, 0.6) is 0 Å². The second-order valence-electron chi connectivity index (χ2n) is 4.38. The molecule has 0 aromatic carbocycles. The third kappa shape index (κ3) is 3.51. The number of nitrogens with zero attached hydrogens (tertiary/aromatic N) is 2. The molecule has 0 aliphatic rings. The normalized spacial score (nSPS) is 12.1. The molecule has 2 rings (SSSR count). The average molecular weight is 276 g/mol. The molecule has 0 aliphatic carbocycles. The van der Waals surface area contributed by atoms with E-state index in [4.69, 9.17) is 5.73 Å². The van der Waals surface area contributed by atoms with Crippen LogP contribution in [0.15, 0.2) is 24.5 Å². The number of anilines is 1. The molecule has 0 saturated carbocycles. The molecule has 0 radical (unpaired) electrons. The van der Waals surface area contributed by atoms with E-state index < -0.39 is 0 Å². The van der Waals surface area contributed by atoms with Crippen molar-refractivity contribution in [3.63, 3.8) is 0 Å². The average Bonchev–Trinajstić information content (AvgIpc) is 2.74. The fourth-order valence-electron chi connectivity index (χ4n) is 1.76. The Morgan fingerprint density at radius 2 is 2.16 bits per heavy atom. The van der Waals surface area contributed by atoms with Crippen LogP contribution >= 0.6 is 11.3 Å². The molecule has 2 aromatic rings. The van der Waals surface area contributed by atoms with Gasteiger partial charge in [-0.3, -0.25) is 4.79 Å². The fourth-order valence-corrected chi connectivity index (χ4v) is 2.78. The molecule has 2 aromatic heterocycles. The second-order valence-corrected chi connectivity index (χ2v) is 5.75. The number of nitrogen functional groups attached to an aromatic ring is 1. The zero-order valence-electron chi connectivity index (χ0n) is 10.9. The van der Waals surface area contributed by atoms with Crippen LogP contribution in [0.4, 0.5) is 5.82 Å². The molecule has 19 heavy (non-hydrogen) atoms. The summed E-state index contributed by atoms with van der Waals surface area (Å²) in [6.45, 7) is 4.02. The van der Waals surface area contributed by atoms with Crippen molar-refractivity contribution in [2.24, 2.45) is 0 Å². The summed E-state index contributed by atoms with van der Waals surface area (Å²) < 4.78 is 0. The number of aromatic nitrogens is 2. The Balaban J connectivity index is 1.97. The van der Waals surface area contributed by atoms with Crippen molar-refractivity contribution < 1.29 is 4.79 Å². The molecule has 0 bridgehead atoms. The topological polar surface area (TPSA) is 80.9 Å². The number of carbonyl (C=O) groups is 1. The highest BCUT2D eigenvalue weighted by Gasteiger charge is 2.15. The predicted molar refractivity (Wildman–Crippen MR) is 76.1 cm³/mol. The Bertz CT molecular complexity index is 582. The first kappa shape index (κ1) is 13.5. The lowest BCUT2D eigenvalue weighted by Crippen LogP contribution is -2.35. The first-order valence-corrected chi connectivity index (χ1v) is 6.80. The van der Waals surface area contributed by atoms with E-state index in [9.17, 15) is 4.79 Å². The molecule has 0 aliphatic heterocycles. The Hall–Kier alpha value is -1.95. The zero-order chi connectivity index (χ0) is 13.8. The van der Waals surface area contributed by atoms with Crippen molar-refractivity contribution in [2.75, 3.05) is 5.73 Å². The lowest BCUT2D eigenvalue weighted by atomic mass is 10.2. The number of amides is 1. The molecule has 2 heterocycles. The van der Waals surface area contributed by atoms with E-state index in [1.165, 1.54) is 22.1 Å². The van der Waals surface area contributed by atoms with Crippen LogP contribution < -0.4 is 11.1 Å². The van der Waals surface area contributed by atoms with Gasteiger partial charge in [-0.15, -0.1) is 11.3 Å². The van der Waals surface area contributed by atoms with Gasteiger partial charge >= 0.3 is 0 Å². The van der Waals surface area contributed by atoms with Crippen LogP contribution in [0, 0.1) is 6.92 Å². The molecule has 5 nitrogen and oxygen atoms in total. The molecule has 100 valence electrons. The Morgan fingerprint density at radius 3 is 2.79 bits per heavy atom. The van der Waals surface area contributed by atoms with E-state index in [2.05, 4.69) is 34.3 Å². The maximum Gasteiger partial charge on any atom is 0.273 e. The molecular formula is C13H16N4OS. The van der Waals surface area contributed by atoms with Crippen molar-refractivity contribution in [1.29, 1.82) is 0 Å². The molecule has 0 spiro atoms. The summed E-state index contributed by atoms with van der Waals surface area (Å²) >= 11 is 1.74. The van der Waals surface area contributed by atoms with Crippen molar-refractivity contribution >= 4 is 23.1 Å². The number of hydrogen-bond acceptors (Lipinski definition) is 5. The molecule has 0 fully saturated rings. The fraction of sp³-hybridized carbons (Fsp3) is 0.308. The highest BCUT2D eigenvalue weighted by Crippen LogP contribution is 2.16. The van der Waals surface area contributed by atoms with Crippen LogP contribution in [0.3, 0.4) is 0 Å². The first-order chi connectivity index (χ1) is 9.06. The molecule has 1 amide bonds. The molecule has 6 heteroatoms. The summed E-state index contributed by atoms with van der Waals surface area (Å²) in [5.74, 6) is -0.134. The van der Waals surface area contributed by atoms with Crippen LogP contribution in [-0.4, -0.2) is 21.9 Å². The predicted octanol–water partition coefficient (Wildman–Crippen LogP) is 1.79. The summed E-state index contributed by atoms with van der Waals surface area (Å²) in [5.41, 5.74) is 5.80. The maximum atomic E-state index is 12.0. The highest BCUT2D eigenvalue weighted by molar-refractivity contribution is 7.11. The second kappa shape index (κ2) is 5.79. The SMILES string of the molecule is Cc1ccc(CC(C)NC(=O)c2nccnc2N)s1. The number of hydrogen-bond donors (Lipinski definition) is 2. The number of carbonyl (C=O) groups excluding carboxylic acids is 1. The van der Waals surface area contributed by atoms with Gasteiger partial charge in [0, 0.05) is 34.6 Å². The molecule has 0 saturated heterocycles. The summed E-state index contributed by atoms with van der Waals surface area (Å²) in [4.78, 5) is 22.3. The van der Waals surface area contributed by atoms with Crippen LogP contribution in [0.25, 0.3) is 0 Å². The number of nitrogens with two attached hydrogens (primary N) is 1. The number of thiophene rings is 1. The largest absolute Gasteiger partial charge is 0.382 e.